The van der Waals surface area contributed by atoms with Gasteiger partial charge in [0.15, 0.2) is 0 Å². The summed E-state index contributed by atoms with van der Waals surface area (Å²) in [7, 11) is -4.02. The van der Waals surface area contributed by atoms with Crippen molar-refractivity contribution in [3.8, 4) is 5.75 Å². The minimum absolute atomic E-state index is 0.0473. The minimum Gasteiger partial charge on any atom is -0.426 e. The molecular formula is C28H40O6S. The predicted octanol–water partition coefficient (Wildman–Crippen LogP) is 5.35. The molecule has 35 heavy (non-hydrogen) atoms. The Balaban J connectivity index is 1.56. The van der Waals surface area contributed by atoms with Gasteiger partial charge in [0.2, 0.25) is 0 Å². The first-order chi connectivity index (χ1) is 16.4. The zero-order valence-electron chi connectivity index (χ0n) is 21.3. The molecule has 4 bridgehead atoms. The van der Waals surface area contributed by atoms with Crippen LogP contribution in [0.1, 0.15) is 77.7 Å². The summed E-state index contributed by atoms with van der Waals surface area (Å²) in [5.41, 5.74) is 1.88. The molecule has 0 aromatic heterocycles. The molecule has 2 saturated carbocycles. The third-order valence-electron chi connectivity index (χ3n) is 9.42. The van der Waals surface area contributed by atoms with Gasteiger partial charge in [-0.2, -0.15) is 8.42 Å². The third kappa shape index (κ3) is 5.67. The van der Waals surface area contributed by atoms with Crippen LogP contribution < -0.4 is 4.74 Å². The van der Waals surface area contributed by atoms with Crippen LogP contribution in [-0.4, -0.2) is 36.4 Å². The number of ether oxygens (including phenoxy) is 1. The second-order valence-corrected chi connectivity index (χ2v) is 13.7. The van der Waals surface area contributed by atoms with Crippen LogP contribution in [0.15, 0.2) is 35.9 Å². The highest BCUT2D eigenvalue weighted by Gasteiger charge is 2.57. The molecule has 0 heterocycles. The number of hydrogen-bond donors (Lipinski definition) is 2. The number of aryl methyl sites for hydroxylation is 1. The summed E-state index contributed by atoms with van der Waals surface area (Å²) in [6, 6.07) is 6.87. The topological polar surface area (TPSA) is 101 Å². The van der Waals surface area contributed by atoms with E-state index in [-0.39, 0.29) is 41.5 Å². The van der Waals surface area contributed by atoms with Gasteiger partial charge in [0, 0.05) is 6.61 Å². The molecule has 4 aliphatic rings. The predicted molar refractivity (Wildman–Crippen MR) is 136 cm³/mol. The standard InChI is InChI=1S/C28H40O6S/c1-26(15-16-29)18-21-6-9-23-24(19-26)27(2,12-10-21)13-14-28(23,3)25(30)34-22-7-4-20(5-8-22)11-17-35(31,32)33/h4-8,23-24,29H,9-19H2,1-3H3,(H,31,32,33)/b21-6+/t23-,24+,26-,27-,28-/m0/s1. The molecule has 1 aromatic carbocycles. The normalized spacial score (nSPS) is 36.4. The van der Waals surface area contributed by atoms with Gasteiger partial charge in [0.1, 0.15) is 5.75 Å². The lowest BCUT2D eigenvalue weighted by atomic mass is 9.46. The van der Waals surface area contributed by atoms with E-state index in [0.717, 1.165) is 56.9 Å². The zero-order chi connectivity index (χ0) is 25.5. The van der Waals surface area contributed by atoms with Gasteiger partial charge in [0.05, 0.1) is 11.2 Å². The van der Waals surface area contributed by atoms with Crippen LogP contribution in [0.2, 0.25) is 0 Å². The van der Waals surface area contributed by atoms with Crippen molar-refractivity contribution >= 4 is 16.1 Å². The maximum Gasteiger partial charge on any atom is 0.317 e. The molecule has 0 spiro atoms. The number of esters is 1. The van der Waals surface area contributed by atoms with Gasteiger partial charge in [-0.3, -0.25) is 9.35 Å². The molecule has 0 radical (unpaired) electrons. The van der Waals surface area contributed by atoms with Crippen molar-refractivity contribution in [1.29, 1.82) is 0 Å². The van der Waals surface area contributed by atoms with Gasteiger partial charge in [-0.15, -0.1) is 0 Å². The van der Waals surface area contributed by atoms with Crippen LogP contribution in [0.3, 0.4) is 0 Å². The number of aliphatic hydroxyl groups excluding tert-OH is 1. The Morgan fingerprint density at radius 1 is 1.09 bits per heavy atom. The fraction of sp³-hybridized carbons (Fsp3) is 0.679. The Kier molecular flexibility index (Phi) is 7.26. The van der Waals surface area contributed by atoms with Crippen LogP contribution >= 0.6 is 0 Å². The van der Waals surface area contributed by atoms with E-state index in [1.165, 1.54) is 5.57 Å². The Labute approximate surface area is 209 Å². The van der Waals surface area contributed by atoms with Crippen molar-refractivity contribution < 1.29 is 27.6 Å². The highest BCUT2D eigenvalue weighted by atomic mass is 32.2. The first-order valence-electron chi connectivity index (χ1n) is 12.9. The number of hydrogen-bond acceptors (Lipinski definition) is 5. The van der Waals surface area contributed by atoms with Crippen LogP contribution in [0, 0.1) is 28.1 Å². The quantitative estimate of drug-likeness (QED) is 0.225. The summed E-state index contributed by atoms with van der Waals surface area (Å²) < 4.78 is 36.9. The molecule has 194 valence electrons. The van der Waals surface area contributed by atoms with Crippen molar-refractivity contribution in [3.63, 3.8) is 0 Å². The van der Waals surface area contributed by atoms with Crippen LogP contribution in [0.4, 0.5) is 0 Å². The van der Waals surface area contributed by atoms with Gasteiger partial charge in [-0.25, -0.2) is 0 Å². The number of rotatable bonds is 7. The van der Waals surface area contributed by atoms with Crippen molar-refractivity contribution in [3.05, 3.63) is 41.5 Å². The monoisotopic (exact) mass is 504 g/mol. The minimum atomic E-state index is -4.02. The van der Waals surface area contributed by atoms with E-state index in [2.05, 4.69) is 26.8 Å². The van der Waals surface area contributed by atoms with Crippen molar-refractivity contribution in [2.24, 2.45) is 28.1 Å². The smallest absolute Gasteiger partial charge is 0.317 e. The fourth-order valence-corrected chi connectivity index (χ4v) is 7.52. The maximum atomic E-state index is 13.7. The van der Waals surface area contributed by atoms with E-state index < -0.39 is 15.5 Å². The van der Waals surface area contributed by atoms with Gasteiger partial charge < -0.3 is 9.84 Å². The summed E-state index contributed by atoms with van der Waals surface area (Å²) in [6.07, 6.45) is 10.4. The van der Waals surface area contributed by atoms with E-state index in [9.17, 15) is 18.3 Å². The lowest BCUT2D eigenvalue weighted by Crippen LogP contribution is -2.53. The maximum absolute atomic E-state index is 13.7. The Morgan fingerprint density at radius 3 is 2.46 bits per heavy atom. The molecule has 7 heteroatoms. The van der Waals surface area contributed by atoms with Gasteiger partial charge in [0.25, 0.3) is 10.1 Å². The van der Waals surface area contributed by atoms with E-state index in [0.29, 0.717) is 11.7 Å². The molecule has 1 aromatic rings. The molecule has 0 saturated heterocycles. The number of benzene rings is 1. The summed E-state index contributed by atoms with van der Waals surface area (Å²) in [4.78, 5) is 13.7. The molecule has 4 aliphatic carbocycles. The first kappa shape index (κ1) is 26.4. The molecule has 5 atom stereocenters. The molecule has 0 amide bonds. The van der Waals surface area contributed by atoms with Gasteiger partial charge in [-0.05, 0) is 105 Å². The number of carbonyl (C=O) groups excluding carboxylic acids is 1. The highest BCUT2D eigenvalue weighted by molar-refractivity contribution is 7.85. The molecule has 0 aliphatic heterocycles. The SMILES string of the molecule is C[C@]1(CCO)C/C2=C/C[C@H]3[C@@H](C1)[C@@](C)(CC2)CC[C@]3(C)C(=O)Oc1ccc(CCS(=O)(=O)O)cc1. The van der Waals surface area contributed by atoms with Crippen molar-refractivity contribution in [2.45, 2.75) is 78.6 Å². The highest BCUT2D eigenvalue weighted by Crippen LogP contribution is 2.62. The second kappa shape index (κ2) is 9.64. The number of fused-ring (bicyclic) bond motifs is 4. The van der Waals surface area contributed by atoms with Crippen LogP contribution in [-0.2, 0) is 21.3 Å². The van der Waals surface area contributed by atoms with Crippen LogP contribution in [0.25, 0.3) is 0 Å². The average molecular weight is 505 g/mol. The Morgan fingerprint density at radius 2 is 1.80 bits per heavy atom. The molecule has 0 unspecified atom stereocenters. The summed E-state index contributed by atoms with van der Waals surface area (Å²) in [6.45, 7) is 6.98. The third-order valence-corrected chi connectivity index (χ3v) is 10.1. The summed E-state index contributed by atoms with van der Waals surface area (Å²) >= 11 is 0. The summed E-state index contributed by atoms with van der Waals surface area (Å²) in [5.74, 6) is 0.510. The Bertz CT molecular complexity index is 1080. The van der Waals surface area contributed by atoms with Gasteiger partial charge in [-0.1, -0.05) is 37.6 Å². The largest absolute Gasteiger partial charge is 0.426 e. The lowest BCUT2D eigenvalue weighted by molar-refractivity contribution is -0.160. The van der Waals surface area contributed by atoms with Crippen LogP contribution in [0.5, 0.6) is 5.75 Å². The van der Waals surface area contributed by atoms with E-state index in [4.69, 9.17) is 9.29 Å². The summed E-state index contributed by atoms with van der Waals surface area (Å²) in [5, 5.41) is 9.79. The molecule has 5 rings (SSSR count). The number of carbonyl (C=O) groups is 1. The van der Waals surface area contributed by atoms with Gasteiger partial charge >= 0.3 is 5.97 Å². The first-order valence-corrected chi connectivity index (χ1v) is 14.5. The Hall–Kier alpha value is -1.70. The second-order valence-electron chi connectivity index (χ2n) is 12.1. The molecule has 6 nitrogen and oxygen atoms in total. The fourth-order valence-electron chi connectivity index (χ4n) is 7.03. The van der Waals surface area contributed by atoms with Crippen molar-refractivity contribution in [1.82, 2.24) is 0 Å². The van der Waals surface area contributed by atoms with Crippen molar-refractivity contribution in [2.75, 3.05) is 12.4 Å². The van der Waals surface area contributed by atoms with E-state index in [1.807, 2.05) is 0 Å². The van der Waals surface area contributed by atoms with E-state index >= 15 is 0 Å². The van der Waals surface area contributed by atoms with E-state index in [1.54, 1.807) is 24.3 Å². The number of allylic oxidation sites excluding steroid dienone is 2. The average Bonchev–Trinajstić information content (AvgIpc) is 2.77. The molecule has 2 N–H and O–H groups in total. The number of aliphatic hydroxyl groups is 1. The lowest BCUT2D eigenvalue weighted by Gasteiger charge is -2.58. The molecular weight excluding hydrogens is 464 g/mol. The molecule has 2 fully saturated rings. The zero-order valence-corrected chi connectivity index (χ0v) is 22.1.